The van der Waals surface area contributed by atoms with Crippen molar-refractivity contribution < 1.29 is 56.2 Å². The van der Waals surface area contributed by atoms with Crippen molar-refractivity contribution in [1.29, 1.82) is 0 Å². The van der Waals surface area contributed by atoms with Gasteiger partial charge in [0.1, 0.15) is 30.5 Å². The van der Waals surface area contributed by atoms with Gasteiger partial charge in [-0.2, -0.15) is 8.42 Å². The Labute approximate surface area is 427 Å². The van der Waals surface area contributed by atoms with Crippen LogP contribution in [0, 0.1) is 0 Å². The van der Waals surface area contributed by atoms with Gasteiger partial charge in [0.2, 0.25) is 0 Å². The van der Waals surface area contributed by atoms with Crippen LogP contribution in [0.4, 0.5) is 0 Å². The Kier molecular flexibility index (Phi) is 45.3. The fourth-order valence-corrected chi connectivity index (χ4v) is 9.23. The van der Waals surface area contributed by atoms with Gasteiger partial charge in [-0.05, 0) is 51.4 Å². The van der Waals surface area contributed by atoms with Gasteiger partial charge in [0.15, 0.2) is 6.29 Å². The average Bonchev–Trinajstić information content (AvgIpc) is 3.34. The van der Waals surface area contributed by atoms with Crippen LogP contribution in [0.2, 0.25) is 0 Å². The van der Waals surface area contributed by atoms with Gasteiger partial charge in [0.05, 0.1) is 19.8 Å². The third kappa shape index (κ3) is 40.5. The molecule has 0 bridgehead atoms. The van der Waals surface area contributed by atoms with Crippen molar-refractivity contribution in [2.45, 2.75) is 282 Å². The molecule has 0 aromatic heterocycles. The molecule has 12 nitrogen and oxygen atoms in total. The molecule has 1 saturated heterocycles. The Hall–Kier alpha value is -1.94. The summed E-state index contributed by atoms with van der Waals surface area (Å²) in [5.74, 6) is -0.410. The number of unbranched alkanes of at least 4 members (excludes halogenated alkanes) is 29. The van der Waals surface area contributed by atoms with Crippen molar-refractivity contribution in [3.8, 4) is 0 Å². The largest absolute Gasteiger partial charge is 0.457 e. The number of carbonyl (C=O) groups is 1. The molecule has 0 radical (unpaired) electrons. The number of ether oxygens (including phenoxy) is 4. The van der Waals surface area contributed by atoms with Crippen molar-refractivity contribution in [2.24, 2.45) is 0 Å². The topological polar surface area (TPSA) is 178 Å². The normalized spacial score (nSPS) is 19.4. The van der Waals surface area contributed by atoms with Crippen molar-refractivity contribution in [2.75, 3.05) is 26.4 Å². The molecule has 6 atom stereocenters. The van der Waals surface area contributed by atoms with Crippen LogP contribution in [0.3, 0.4) is 0 Å². The molecular weight excluding hydrogens is 909 g/mol. The van der Waals surface area contributed by atoms with Crippen molar-refractivity contribution in [3.63, 3.8) is 0 Å². The zero-order chi connectivity index (χ0) is 51.0. The third-order valence-corrected chi connectivity index (χ3v) is 13.4. The van der Waals surface area contributed by atoms with Gasteiger partial charge in [-0.15, -0.1) is 0 Å². The van der Waals surface area contributed by atoms with E-state index in [2.05, 4.69) is 66.6 Å². The van der Waals surface area contributed by atoms with E-state index in [0.29, 0.717) is 13.0 Å². The first-order valence-corrected chi connectivity index (χ1v) is 29.8. The number of allylic oxidation sites excluding steroid dienone is 8. The first-order valence-electron chi connectivity index (χ1n) is 28.4. The highest BCUT2D eigenvalue weighted by molar-refractivity contribution is 7.80. The Morgan fingerprint density at radius 1 is 0.557 bits per heavy atom. The monoisotopic (exact) mass is 1010 g/mol. The van der Waals surface area contributed by atoms with E-state index in [1.165, 1.54) is 135 Å². The molecule has 70 heavy (non-hydrogen) atoms. The summed E-state index contributed by atoms with van der Waals surface area (Å²) in [7, 11) is -5.07. The van der Waals surface area contributed by atoms with Crippen molar-refractivity contribution in [1.82, 2.24) is 0 Å². The maximum atomic E-state index is 12.9. The highest BCUT2D eigenvalue weighted by atomic mass is 32.3. The summed E-state index contributed by atoms with van der Waals surface area (Å²) in [4.78, 5) is 12.9. The number of aliphatic hydroxyl groups is 3. The maximum absolute atomic E-state index is 12.9. The minimum absolute atomic E-state index is 0.0319. The van der Waals surface area contributed by atoms with Crippen LogP contribution < -0.4 is 0 Å². The predicted octanol–water partition coefficient (Wildman–Crippen LogP) is 13.9. The van der Waals surface area contributed by atoms with Gasteiger partial charge in [-0.1, -0.05) is 236 Å². The molecule has 0 saturated carbocycles. The van der Waals surface area contributed by atoms with E-state index in [4.69, 9.17) is 18.9 Å². The first-order chi connectivity index (χ1) is 34.1. The summed E-state index contributed by atoms with van der Waals surface area (Å²) >= 11 is 0. The fraction of sp³-hybridized carbons (Fsp3) is 0.842. The number of hydrogen-bond donors (Lipinski definition) is 4. The average molecular weight is 1010 g/mol. The lowest BCUT2D eigenvalue weighted by Gasteiger charge is -2.41. The smallest absolute Gasteiger partial charge is 0.397 e. The molecule has 0 aromatic rings. The molecule has 0 aliphatic carbocycles. The second-order valence-electron chi connectivity index (χ2n) is 19.5. The SMILES string of the molecule is CC/C=C\C/C=C\C/C=C\C/C=C\CCCCCCCCC(=O)OC(COCCCCCCCCCCCCCCCCCCCCCCCCCC)COC1OC(CO)C(O)C(OS(=O)(=O)O)C1O. The molecule has 1 fully saturated rings. The van der Waals surface area contributed by atoms with Crippen molar-refractivity contribution >= 4 is 16.4 Å². The quantitative estimate of drug-likeness (QED) is 0.0196. The molecular formula is C57H104O12S. The van der Waals surface area contributed by atoms with Crippen LogP contribution in [-0.4, -0.2) is 97.5 Å². The first kappa shape index (κ1) is 66.1. The summed E-state index contributed by atoms with van der Waals surface area (Å²) in [6, 6.07) is 0. The van der Waals surface area contributed by atoms with E-state index in [-0.39, 0.29) is 19.6 Å². The molecule has 1 aliphatic rings. The van der Waals surface area contributed by atoms with Crippen LogP contribution in [-0.2, 0) is 38.3 Å². The van der Waals surface area contributed by atoms with Crippen LogP contribution in [0.5, 0.6) is 0 Å². The van der Waals surface area contributed by atoms with Gasteiger partial charge in [-0.25, -0.2) is 4.18 Å². The van der Waals surface area contributed by atoms with Gasteiger partial charge in [0, 0.05) is 13.0 Å². The van der Waals surface area contributed by atoms with E-state index >= 15 is 0 Å². The summed E-state index contributed by atoms with van der Waals surface area (Å²) in [6.45, 7) is 3.91. The van der Waals surface area contributed by atoms with Crippen molar-refractivity contribution in [3.05, 3.63) is 48.6 Å². The molecule has 13 heteroatoms. The Morgan fingerprint density at radius 3 is 1.44 bits per heavy atom. The minimum Gasteiger partial charge on any atom is -0.457 e. The number of rotatable bonds is 50. The van der Waals surface area contributed by atoms with Gasteiger partial charge in [0.25, 0.3) is 0 Å². The zero-order valence-electron chi connectivity index (χ0n) is 44.3. The van der Waals surface area contributed by atoms with Crippen LogP contribution in [0.25, 0.3) is 0 Å². The van der Waals surface area contributed by atoms with E-state index in [1.807, 2.05) is 0 Å². The molecule has 6 unspecified atom stereocenters. The minimum atomic E-state index is -5.07. The molecule has 0 amide bonds. The highest BCUT2D eigenvalue weighted by Gasteiger charge is 2.48. The molecule has 0 spiro atoms. The molecule has 1 aliphatic heterocycles. The highest BCUT2D eigenvalue weighted by Crippen LogP contribution is 2.26. The third-order valence-electron chi connectivity index (χ3n) is 13.0. The number of esters is 1. The lowest BCUT2D eigenvalue weighted by atomic mass is 9.99. The summed E-state index contributed by atoms with van der Waals surface area (Å²) in [5, 5.41) is 30.8. The molecule has 4 N–H and O–H groups in total. The summed E-state index contributed by atoms with van der Waals surface area (Å²) in [6.07, 6.45) is 51.5. The molecule has 1 rings (SSSR count). The number of carbonyl (C=O) groups excluding carboxylic acids is 1. The molecule has 0 aromatic carbocycles. The van der Waals surface area contributed by atoms with E-state index in [9.17, 15) is 33.1 Å². The molecule has 410 valence electrons. The zero-order valence-corrected chi connectivity index (χ0v) is 45.1. The summed E-state index contributed by atoms with van der Waals surface area (Å²) in [5.41, 5.74) is 0. The Bertz CT molecular complexity index is 1400. The fourth-order valence-electron chi connectivity index (χ4n) is 8.73. The van der Waals surface area contributed by atoms with E-state index in [1.54, 1.807) is 0 Å². The number of aliphatic hydroxyl groups excluding tert-OH is 3. The Morgan fingerprint density at radius 2 is 0.986 bits per heavy atom. The van der Waals surface area contributed by atoms with Crippen LogP contribution in [0.1, 0.15) is 245 Å². The second kappa shape index (κ2) is 48.0. The number of hydrogen-bond acceptors (Lipinski definition) is 11. The summed E-state index contributed by atoms with van der Waals surface area (Å²) < 4.78 is 59.4. The van der Waals surface area contributed by atoms with Crippen LogP contribution in [0.15, 0.2) is 48.6 Å². The van der Waals surface area contributed by atoms with Gasteiger partial charge >= 0.3 is 16.4 Å². The van der Waals surface area contributed by atoms with E-state index < -0.39 is 59.8 Å². The lowest BCUT2D eigenvalue weighted by Crippen LogP contribution is -2.60. The standard InChI is InChI=1S/C57H104O12S/c1-3-5-7-9-11-13-15-17-19-21-23-24-25-26-27-29-31-33-35-37-39-41-43-45-47-65-49-51(50-66-57-55(61)56(69-70(62,63)64)54(60)52(48-58)68-57)67-53(59)46-44-42-40-38-36-34-32-30-28-22-20-18-16-14-12-10-8-6-4-2/h6,8,12,14,18,20,28,30,51-52,54-58,60-61H,3-5,7,9-11,13,15-17,19,21-27,29,31-50H2,1-2H3,(H,62,63,64)/b8-6-,14-12-,20-18-,30-28-. The lowest BCUT2D eigenvalue weighted by molar-refractivity contribution is -0.301. The van der Waals surface area contributed by atoms with Crippen LogP contribution >= 0.6 is 0 Å². The van der Waals surface area contributed by atoms with E-state index in [0.717, 1.165) is 83.5 Å². The Balaban J connectivity index is 2.30. The molecule has 1 heterocycles. The predicted molar refractivity (Wildman–Crippen MR) is 285 cm³/mol. The maximum Gasteiger partial charge on any atom is 0.397 e. The van der Waals surface area contributed by atoms with Gasteiger partial charge in [-0.3, -0.25) is 9.35 Å². The second-order valence-corrected chi connectivity index (χ2v) is 20.6. The van der Waals surface area contributed by atoms with Gasteiger partial charge < -0.3 is 34.3 Å².